The summed E-state index contributed by atoms with van der Waals surface area (Å²) < 4.78 is 5.37. The van der Waals surface area contributed by atoms with Gasteiger partial charge in [-0.15, -0.1) is 0 Å². The van der Waals surface area contributed by atoms with Gasteiger partial charge in [-0.3, -0.25) is 9.69 Å². The number of amides is 1. The molecule has 7 nitrogen and oxygen atoms in total. The van der Waals surface area contributed by atoms with Crippen molar-refractivity contribution in [2.75, 3.05) is 33.3 Å². The Kier molecular flexibility index (Phi) is 5.58. The van der Waals surface area contributed by atoms with Crippen LogP contribution in [0.3, 0.4) is 0 Å². The van der Waals surface area contributed by atoms with Crippen LogP contribution in [0.2, 0.25) is 0 Å². The summed E-state index contributed by atoms with van der Waals surface area (Å²) in [6.45, 7) is 10.2. The number of ether oxygens (including phenoxy) is 1. The molecule has 21 heavy (non-hydrogen) atoms. The van der Waals surface area contributed by atoms with Gasteiger partial charge in [-0.25, -0.2) is 0 Å². The lowest BCUT2D eigenvalue weighted by atomic mass is 9.98. The fraction of sp³-hybridized carbons (Fsp3) is 0.857. The largest absolute Gasteiger partial charge is 0.409 e. The zero-order valence-corrected chi connectivity index (χ0v) is 13.7. The molecule has 0 aromatic heterocycles. The molecule has 1 heterocycles. The van der Waals surface area contributed by atoms with Gasteiger partial charge in [-0.2, -0.15) is 0 Å². The van der Waals surface area contributed by atoms with Gasteiger partial charge in [-0.1, -0.05) is 12.1 Å². The molecule has 122 valence electrons. The highest BCUT2D eigenvalue weighted by molar-refractivity contribution is 5.89. The Balaban J connectivity index is 2.71. The molecule has 0 radical (unpaired) electrons. The smallest absolute Gasteiger partial charge is 0.254 e. The van der Waals surface area contributed by atoms with E-state index in [2.05, 4.69) is 10.1 Å². The van der Waals surface area contributed by atoms with Crippen molar-refractivity contribution in [3.05, 3.63) is 0 Å². The molecule has 0 aliphatic carbocycles. The van der Waals surface area contributed by atoms with E-state index in [4.69, 9.17) is 15.7 Å². The summed E-state index contributed by atoms with van der Waals surface area (Å²) in [5.41, 5.74) is 4.46. The predicted octanol–water partition coefficient (Wildman–Crippen LogP) is 0.471. The lowest BCUT2D eigenvalue weighted by Gasteiger charge is -2.44. The highest BCUT2D eigenvalue weighted by Gasteiger charge is 2.39. The molecule has 0 spiro atoms. The Hall–Kier alpha value is -1.34. The number of carbonyl (C=O) groups is 1. The number of methoxy groups -OCH3 is 1. The van der Waals surface area contributed by atoms with Gasteiger partial charge >= 0.3 is 0 Å². The number of hydrogen-bond donors (Lipinski definition) is 2. The summed E-state index contributed by atoms with van der Waals surface area (Å²) in [4.78, 5) is 16.5. The van der Waals surface area contributed by atoms with Crippen molar-refractivity contribution in [1.29, 1.82) is 0 Å². The SMILES string of the molecule is CCC(C)(OC)C(=O)N1CCN(C(C)(C)C(N)=NO)CC1. The molecule has 1 amide bonds. The van der Waals surface area contributed by atoms with Crippen molar-refractivity contribution in [3.63, 3.8) is 0 Å². The second kappa shape index (κ2) is 6.62. The average molecular weight is 300 g/mol. The van der Waals surface area contributed by atoms with Gasteiger partial charge in [0, 0.05) is 33.3 Å². The fourth-order valence-corrected chi connectivity index (χ4v) is 2.47. The normalized spacial score (nSPS) is 21.2. The van der Waals surface area contributed by atoms with Gasteiger partial charge in [0.15, 0.2) is 5.84 Å². The summed E-state index contributed by atoms with van der Waals surface area (Å²) in [5, 5.41) is 12.0. The topological polar surface area (TPSA) is 91.4 Å². The number of hydrogen-bond acceptors (Lipinski definition) is 5. The van der Waals surface area contributed by atoms with Crippen LogP contribution in [-0.4, -0.2) is 71.2 Å². The number of piperazine rings is 1. The first-order chi connectivity index (χ1) is 9.72. The maximum atomic E-state index is 12.5. The zero-order valence-electron chi connectivity index (χ0n) is 13.7. The van der Waals surface area contributed by atoms with E-state index in [0.29, 0.717) is 32.6 Å². The maximum Gasteiger partial charge on any atom is 0.254 e. The number of nitrogens with zero attached hydrogens (tertiary/aromatic N) is 3. The third-order valence-corrected chi connectivity index (χ3v) is 4.67. The third kappa shape index (κ3) is 3.47. The Bertz CT molecular complexity index is 397. The van der Waals surface area contributed by atoms with Gasteiger partial charge in [0.2, 0.25) is 0 Å². The van der Waals surface area contributed by atoms with E-state index in [9.17, 15) is 4.79 Å². The van der Waals surface area contributed by atoms with E-state index in [1.54, 1.807) is 7.11 Å². The standard InChI is InChI=1S/C14H28N4O3/c1-6-14(4,21-5)12(19)17-7-9-18(10-8-17)13(2,3)11(15)16-20/h20H,6-10H2,1-5H3,(H2,15,16). The van der Waals surface area contributed by atoms with Crippen LogP contribution >= 0.6 is 0 Å². The van der Waals surface area contributed by atoms with Crippen molar-refractivity contribution in [2.24, 2.45) is 10.9 Å². The summed E-state index contributed by atoms with van der Waals surface area (Å²) >= 11 is 0. The number of carbonyl (C=O) groups excluding carboxylic acids is 1. The molecule has 0 bridgehead atoms. The van der Waals surface area contributed by atoms with Gasteiger partial charge in [0.05, 0.1) is 5.54 Å². The van der Waals surface area contributed by atoms with E-state index in [-0.39, 0.29) is 11.7 Å². The fourth-order valence-electron chi connectivity index (χ4n) is 2.47. The Morgan fingerprint density at radius 3 is 2.19 bits per heavy atom. The van der Waals surface area contributed by atoms with Gasteiger partial charge in [0.25, 0.3) is 5.91 Å². The first-order valence-corrected chi connectivity index (χ1v) is 7.30. The highest BCUT2D eigenvalue weighted by Crippen LogP contribution is 2.22. The summed E-state index contributed by atoms with van der Waals surface area (Å²) in [6, 6.07) is 0. The van der Waals surface area contributed by atoms with Gasteiger partial charge < -0.3 is 20.6 Å². The van der Waals surface area contributed by atoms with Crippen molar-refractivity contribution in [1.82, 2.24) is 9.80 Å². The van der Waals surface area contributed by atoms with E-state index in [1.807, 2.05) is 32.6 Å². The van der Waals surface area contributed by atoms with Crippen molar-refractivity contribution in [2.45, 2.75) is 45.3 Å². The van der Waals surface area contributed by atoms with Crippen molar-refractivity contribution >= 4 is 11.7 Å². The summed E-state index contributed by atoms with van der Waals surface area (Å²) in [7, 11) is 1.57. The lowest BCUT2D eigenvalue weighted by Crippen LogP contribution is -2.62. The van der Waals surface area contributed by atoms with Crippen LogP contribution in [0.1, 0.15) is 34.1 Å². The van der Waals surface area contributed by atoms with Gasteiger partial charge in [-0.05, 0) is 27.2 Å². The van der Waals surface area contributed by atoms with Crippen LogP contribution in [0.15, 0.2) is 5.16 Å². The van der Waals surface area contributed by atoms with Crippen LogP contribution < -0.4 is 5.73 Å². The molecule has 0 saturated carbocycles. The third-order valence-electron chi connectivity index (χ3n) is 4.67. The van der Waals surface area contributed by atoms with E-state index in [1.165, 1.54) is 0 Å². The molecule has 1 rings (SSSR count). The quantitative estimate of drug-likeness (QED) is 0.333. The van der Waals surface area contributed by atoms with Crippen LogP contribution in [0.5, 0.6) is 0 Å². The van der Waals surface area contributed by atoms with E-state index >= 15 is 0 Å². The molecule has 0 aromatic carbocycles. The molecular formula is C14H28N4O3. The Labute approximate surface area is 126 Å². The molecule has 0 aromatic rings. The number of amidine groups is 1. The second-order valence-electron chi connectivity index (χ2n) is 6.11. The Morgan fingerprint density at radius 2 is 1.81 bits per heavy atom. The van der Waals surface area contributed by atoms with Crippen LogP contribution in [0.25, 0.3) is 0 Å². The number of oxime groups is 1. The van der Waals surface area contributed by atoms with Crippen LogP contribution in [-0.2, 0) is 9.53 Å². The van der Waals surface area contributed by atoms with Crippen LogP contribution in [0, 0.1) is 0 Å². The minimum atomic E-state index is -0.761. The number of nitrogens with two attached hydrogens (primary N) is 1. The monoisotopic (exact) mass is 300 g/mol. The Morgan fingerprint density at radius 1 is 1.29 bits per heavy atom. The minimum Gasteiger partial charge on any atom is -0.409 e. The van der Waals surface area contributed by atoms with Crippen LogP contribution in [0.4, 0.5) is 0 Å². The molecule has 1 atom stereocenters. The second-order valence-corrected chi connectivity index (χ2v) is 6.11. The van der Waals surface area contributed by atoms with Crippen molar-refractivity contribution in [3.8, 4) is 0 Å². The molecule has 1 unspecified atom stereocenters. The van der Waals surface area contributed by atoms with Crippen molar-refractivity contribution < 1.29 is 14.7 Å². The highest BCUT2D eigenvalue weighted by atomic mass is 16.5. The minimum absolute atomic E-state index is 0.0220. The molecule has 1 aliphatic heterocycles. The average Bonchev–Trinajstić information content (AvgIpc) is 2.52. The van der Waals surface area contributed by atoms with E-state index in [0.717, 1.165) is 0 Å². The van der Waals surface area contributed by atoms with Gasteiger partial charge in [0.1, 0.15) is 5.60 Å². The molecule has 7 heteroatoms. The summed E-state index contributed by atoms with van der Waals surface area (Å²) in [5.74, 6) is 0.200. The molecule has 1 aliphatic rings. The molecule has 3 N–H and O–H groups in total. The first kappa shape index (κ1) is 17.7. The molecular weight excluding hydrogens is 272 g/mol. The lowest BCUT2D eigenvalue weighted by molar-refractivity contribution is -0.155. The summed E-state index contributed by atoms with van der Waals surface area (Å²) in [6.07, 6.45) is 0.637. The zero-order chi connectivity index (χ0) is 16.3. The van der Waals surface area contributed by atoms with E-state index < -0.39 is 11.1 Å². The first-order valence-electron chi connectivity index (χ1n) is 7.30. The molecule has 1 saturated heterocycles. The molecule has 1 fully saturated rings. The predicted molar refractivity (Wildman–Crippen MR) is 81.3 cm³/mol. The number of rotatable bonds is 5. The maximum absolute atomic E-state index is 12.5.